The van der Waals surface area contributed by atoms with Gasteiger partial charge in [-0.2, -0.15) is 0 Å². The Morgan fingerprint density at radius 3 is 2.67 bits per heavy atom. The molecule has 0 spiro atoms. The minimum absolute atomic E-state index is 0.0497. The molecule has 21 heavy (non-hydrogen) atoms. The van der Waals surface area contributed by atoms with Crippen molar-refractivity contribution < 1.29 is 9.13 Å². The van der Waals surface area contributed by atoms with Crippen LogP contribution in [-0.2, 0) is 11.2 Å². The lowest BCUT2D eigenvalue weighted by atomic mass is 9.87. The number of nitrogens with two attached hydrogens (primary N) is 1. The molecule has 0 saturated carbocycles. The summed E-state index contributed by atoms with van der Waals surface area (Å²) >= 11 is 3.28. The van der Waals surface area contributed by atoms with E-state index in [0.717, 1.165) is 30.8 Å². The molecule has 1 fully saturated rings. The normalized spacial score (nSPS) is 18.7. The van der Waals surface area contributed by atoms with Gasteiger partial charge in [0.1, 0.15) is 5.82 Å². The van der Waals surface area contributed by atoms with Crippen LogP contribution in [0.15, 0.2) is 22.7 Å². The van der Waals surface area contributed by atoms with Gasteiger partial charge in [-0.25, -0.2) is 4.39 Å². The molecule has 1 atom stereocenters. The Morgan fingerprint density at radius 1 is 1.43 bits per heavy atom. The van der Waals surface area contributed by atoms with Crippen LogP contribution in [0, 0.1) is 5.82 Å². The van der Waals surface area contributed by atoms with Gasteiger partial charge >= 0.3 is 0 Å². The number of hydrogen-bond donors (Lipinski definition) is 2. The molecule has 1 saturated heterocycles. The van der Waals surface area contributed by atoms with Gasteiger partial charge in [0.2, 0.25) is 0 Å². The van der Waals surface area contributed by atoms with Crippen molar-refractivity contribution in [3.63, 3.8) is 0 Å². The Kier molecular flexibility index (Phi) is 5.73. The number of hydrogen-bond acceptors (Lipinski definition) is 4. The first-order valence-electron chi connectivity index (χ1n) is 7.18. The molecule has 1 aromatic carbocycles. The first kappa shape index (κ1) is 16.8. The maximum atomic E-state index is 14.0. The number of hydrazine groups is 1. The molecule has 118 valence electrons. The number of nitrogens with one attached hydrogen (secondary N) is 1. The first-order valence-corrected chi connectivity index (χ1v) is 7.97. The van der Waals surface area contributed by atoms with E-state index in [1.165, 1.54) is 6.07 Å². The summed E-state index contributed by atoms with van der Waals surface area (Å²) in [6.07, 6.45) is 0.542. The molecule has 0 aliphatic carbocycles. The molecular formula is C15H23BrFN3O. The Labute approximate surface area is 133 Å². The van der Waals surface area contributed by atoms with E-state index in [1.807, 2.05) is 6.07 Å². The fourth-order valence-corrected chi connectivity index (χ4v) is 3.11. The Morgan fingerprint density at radius 2 is 2.10 bits per heavy atom. The van der Waals surface area contributed by atoms with E-state index in [2.05, 4.69) is 40.1 Å². The van der Waals surface area contributed by atoms with Gasteiger partial charge in [0.25, 0.3) is 0 Å². The number of morpholine rings is 1. The van der Waals surface area contributed by atoms with Crippen LogP contribution >= 0.6 is 15.9 Å². The van der Waals surface area contributed by atoms with Crippen LogP contribution in [0.1, 0.15) is 19.4 Å². The quantitative estimate of drug-likeness (QED) is 0.624. The van der Waals surface area contributed by atoms with Gasteiger partial charge in [-0.15, -0.1) is 0 Å². The highest BCUT2D eigenvalue weighted by atomic mass is 79.9. The summed E-state index contributed by atoms with van der Waals surface area (Å²) in [5, 5.41) is 0. The van der Waals surface area contributed by atoms with E-state index in [4.69, 9.17) is 10.6 Å². The van der Waals surface area contributed by atoms with Crippen LogP contribution in [-0.4, -0.2) is 42.8 Å². The molecule has 3 N–H and O–H groups in total. The van der Waals surface area contributed by atoms with Crippen LogP contribution < -0.4 is 11.3 Å². The molecule has 0 bridgehead atoms. The molecule has 1 unspecified atom stereocenters. The molecule has 1 heterocycles. The summed E-state index contributed by atoms with van der Waals surface area (Å²) in [4.78, 5) is 2.35. The third-order valence-corrected chi connectivity index (χ3v) is 4.81. The number of nitrogens with zero attached hydrogens (tertiary/aromatic N) is 1. The predicted octanol–water partition coefficient (Wildman–Crippen LogP) is 2.07. The number of halogens is 2. The maximum Gasteiger partial charge on any atom is 0.127 e. The van der Waals surface area contributed by atoms with Crippen molar-refractivity contribution in [1.29, 1.82) is 0 Å². The van der Waals surface area contributed by atoms with Gasteiger partial charge in [0.15, 0.2) is 0 Å². The molecule has 1 aliphatic rings. The van der Waals surface area contributed by atoms with Crippen molar-refractivity contribution in [2.24, 2.45) is 5.84 Å². The second-order valence-electron chi connectivity index (χ2n) is 5.91. The fourth-order valence-electron chi connectivity index (χ4n) is 2.78. The monoisotopic (exact) mass is 359 g/mol. The highest BCUT2D eigenvalue weighted by Crippen LogP contribution is 2.24. The molecule has 1 aliphatic heterocycles. The highest BCUT2D eigenvalue weighted by Gasteiger charge is 2.36. The highest BCUT2D eigenvalue weighted by molar-refractivity contribution is 9.10. The third-order valence-electron chi connectivity index (χ3n) is 4.32. The molecular weight excluding hydrogens is 337 g/mol. The number of benzene rings is 1. The summed E-state index contributed by atoms with van der Waals surface area (Å²) in [6.45, 7) is 7.47. The zero-order valence-corrected chi connectivity index (χ0v) is 14.1. The van der Waals surface area contributed by atoms with E-state index in [9.17, 15) is 4.39 Å². The zero-order valence-electron chi connectivity index (χ0n) is 12.5. The van der Waals surface area contributed by atoms with Crippen LogP contribution in [0.4, 0.5) is 4.39 Å². The minimum Gasteiger partial charge on any atom is -0.379 e. The molecule has 2 rings (SSSR count). The Hall–Kier alpha value is -0.530. The van der Waals surface area contributed by atoms with Crippen LogP contribution in [0.25, 0.3) is 0 Å². The molecule has 1 aromatic rings. The fraction of sp³-hybridized carbons (Fsp3) is 0.600. The van der Waals surface area contributed by atoms with Gasteiger partial charge in [-0.05, 0) is 38.0 Å². The molecule has 4 nitrogen and oxygen atoms in total. The SMILES string of the molecule is CC(C)(C(Cc1ccc(Br)cc1F)NN)N1CCOCC1. The minimum atomic E-state index is -0.206. The van der Waals surface area contributed by atoms with Gasteiger partial charge in [0, 0.05) is 29.1 Å². The zero-order chi connectivity index (χ0) is 15.5. The second-order valence-corrected chi connectivity index (χ2v) is 6.83. The molecule has 6 heteroatoms. The van der Waals surface area contributed by atoms with Crippen LogP contribution in [0.3, 0.4) is 0 Å². The summed E-state index contributed by atoms with van der Waals surface area (Å²) in [7, 11) is 0. The summed E-state index contributed by atoms with van der Waals surface area (Å²) < 4.78 is 20.2. The van der Waals surface area contributed by atoms with E-state index >= 15 is 0 Å². The van der Waals surface area contributed by atoms with E-state index in [-0.39, 0.29) is 17.4 Å². The van der Waals surface area contributed by atoms with Crippen LogP contribution in [0.2, 0.25) is 0 Å². The predicted molar refractivity (Wildman–Crippen MR) is 85.4 cm³/mol. The lowest BCUT2D eigenvalue weighted by Gasteiger charge is -2.45. The van der Waals surface area contributed by atoms with Crippen molar-refractivity contribution in [3.05, 3.63) is 34.1 Å². The van der Waals surface area contributed by atoms with Crippen molar-refractivity contribution in [3.8, 4) is 0 Å². The van der Waals surface area contributed by atoms with E-state index < -0.39 is 0 Å². The third kappa shape index (κ3) is 4.02. The lowest BCUT2D eigenvalue weighted by molar-refractivity contribution is -0.0233. The van der Waals surface area contributed by atoms with Crippen molar-refractivity contribution in [2.75, 3.05) is 26.3 Å². The van der Waals surface area contributed by atoms with Gasteiger partial charge in [-0.1, -0.05) is 22.0 Å². The van der Waals surface area contributed by atoms with E-state index in [1.54, 1.807) is 6.07 Å². The topological polar surface area (TPSA) is 50.5 Å². The van der Waals surface area contributed by atoms with Crippen LogP contribution in [0.5, 0.6) is 0 Å². The Balaban J connectivity index is 2.14. The molecule has 0 amide bonds. The summed E-state index contributed by atoms with van der Waals surface area (Å²) in [5.41, 5.74) is 3.36. The smallest absolute Gasteiger partial charge is 0.127 e. The van der Waals surface area contributed by atoms with Gasteiger partial charge < -0.3 is 4.74 Å². The van der Waals surface area contributed by atoms with Gasteiger partial charge in [-0.3, -0.25) is 16.2 Å². The average Bonchev–Trinajstić information content (AvgIpc) is 2.47. The number of ether oxygens (including phenoxy) is 1. The van der Waals surface area contributed by atoms with Gasteiger partial charge in [0.05, 0.1) is 13.2 Å². The standard InChI is InChI=1S/C15H23BrFN3O/c1-15(2,20-5-7-21-8-6-20)14(19-18)9-11-3-4-12(16)10-13(11)17/h3-4,10,14,19H,5-9,18H2,1-2H3. The lowest BCUT2D eigenvalue weighted by Crippen LogP contribution is -2.62. The molecule has 0 radical (unpaired) electrons. The largest absolute Gasteiger partial charge is 0.379 e. The summed E-state index contributed by atoms with van der Waals surface area (Å²) in [5.74, 6) is 5.55. The second kappa shape index (κ2) is 7.15. The summed E-state index contributed by atoms with van der Waals surface area (Å²) in [6, 6.07) is 5.10. The van der Waals surface area contributed by atoms with Crippen molar-refractivity contribution in [1.82, 2.24) is 10.3 Å². The number of rotatable bonds is 5. The average molecular weight is 360 g/mol. The van der Waals surface area contributed by atoms with Crippen molar-refractivity contribution >= 4 is 15.9 Å². The maximum absolute atomic E-state index is 14.0. The van der Waals surface area contributed by atoms with E-state index in [0.29, 0.717) is 12.0 Å². The van der Waals surface area contributed by atoms with Crippen molar-refractivity contribution in [2.45, 2.75) is 31.8 Å². The molecule has 0 aromatic heterocycles. The first-order chi connectivity index (χ1) is 9.95. The Bertz CT molecular complexity index is 478.